The molecule has 86 valence electrons. The minimum atomic E-state index is 0.328. The number of hydrogen-bond acceptors (Lipinski definition) is 3. The third-order valence-electron chi connectivity index (χ3n) is 2.97. The number of nitrogens with zero attached hydrogens (tertiary/aromatic N) is 2. The van der Waals surface area contributed by atoms with E-state index in [-0.39, 0.29) is 0 Å². The fourth-order valence-electron chi connectivity index (χ4n) is 2.03. The van der Waals surface area contributed by atoms with E-state index in [9.17, 15) is 5.11 Å². The lowest BCUT2D eigenvalue weighted by atomic mass is 10.2. The molecule has 2 rings (SSSR count). The highest BCUT2D eigenvalue weighted by molar-refractivity contribution is 5.49. The normalized spacial score (nSPS) is 17.4. The van der Waals surface area contributed by atoms with Gasteiger partial charge in [-0.05, 0) is 24.3 Å². The van der Waals surface area contributed by atoms with Crippen molar-refractivity contribution in [3.8, 4) is 5.75 Å². The number of benzene rings is 1. The molecule has 1 N–H and O–H groups in total. The maximum atomic E-state index is 9.23. The number of hydrogen-bond donors (Lipinski definition) is 1. The van der Waals surface area contributed by atoms with Crippen LogP contribution < -0.4 is 4.90 Å². The van der Waals surface area contributed by atoms with E-state index in [4.69, 9.17) is 0 Å². The van der Waals surface area contributed by atoms with Gasteiger partial charge in [0.1, 0.15) is 5.75 Å². The molecule has 0 amide bonds. The average Bonchev–Trinajstić information content (AvgIpc) is 2.32. The average molecular weight is 218 g/mol. The van der Waals surface area contributed by atoms with E-state index >= 15 is 0 Å². The molecule has 1 heterocycles. The Kier molecular flexibility index (Phi) is 3.47. The molecule has 1 aromatic rings. The molecule has 0 atom stereocenters. The Labute approximate surface area is 96.6 Å². The van der Waals surface area contributed by atoms with Gasteiger partial charge >= 0.3 is 0 Å². The van der Waals surface area contributed by atoms with E-state index in [1.54, 1.807) is 12.1 Å². The van der Waals surface area contributed by atoms with Crippen LogP contribution in [0, 0.1) is 0 Å². The Morgan fingerprint density at radius 2 is 1.75 bits per heavy atom. The highest BCUT2D eigenvalue weighted by Crippen LogP contribution is 2.19. The predicted octanol–water partition coefficient (Wildman–Crippen LogP) is 1.70. The third kappa shape index (κ3) is 2.55. The molecule has 1 saturated heterocycles. The molecule has 3 nitrogen and oxygen atoms in total. The first kappa shape index (κ1) is 11.0. The zero-order valence-electron chi connectivity index (χ0n) is 9.47. The number of piperazine rings is 1. The summed E-state index contributed by atoms with van der Waals surface area (Å²) < 4.78 is 0. The SMILES string of the molecule is C=CCN1CCN(c2ccc(O)cc2)CC1. The van der Waals surface area contributed by atoms with Crippen LogP contribution in [0.5, 0.6) is 5.75 Å². The van der Waals surface area contributed by atoms with Crippen LogP contribution in [0.2, 0.25) is 0 Å². The molecule has 1 fully saturated rings. The molecule has 0 aliphatic carbocycles. The number of anilines is 1. The van der Waals surface area contributed by atoms with E-state index in [1.807, 2.05) is 18.2 Å². The van der Waals surface area contributed by atoms with E-state index in [0.29, 0.717) is 5.75 Å². The lowest BCUT2D eigenvalue weighted by Crippen LogP contribution is -2.46. The van der Waals surface area contributed by atoms with Gasteiger partial charge in [-0.25, -0.2) is 0 Å². The van der Waals surface area contributed by atoms with Crippen molar-refractivity contribution < 1.29 is 5.11 Å². The zero-order valence-corrected chi connectivity index (χ0v) is 9.47. The van der Waals surface area contributed by atoms with Crippen molar-refractivity contribution in [2.45, 2.75) is 0 Å². The summed E-state index contributed by atoms with van der Waals surface area (Å²) in [7, 11) is 0. The smallest absolute Gasteiger partial charge is 0.115 e. The summed E-state index contributed by atoms with van der Waals surface area (Å²) >= 11 is 0. The van der Waals surface area contributed by atoms with Crippen LogP contribution in [-0.2, 0) is 0 Å². The quantitative estimate of drug-likeness (QED) is 0.782. The van der Waals surface area contributed by atoms with Gasteiger partial charge in [-0.2, -0.15) is 0 Å². The first-order valence-corrected chi connectivity index (χ1v) is 5.67. The van der Waals surface area contributed by atoms with Crippen molar-refractivity contribution in [2.75, 3.05) is 37.6 Å². The van der Waals surface area contributed by atoms with Crippen LogP contribution in [0.4, 0.5) is 5.69 Å². The summed E-state index contributed by atoms with van der Waals surface area (Å²) in [5.41, 5.74) is 1.19. The second-order valence-electron chi connectivity index (χ2n) is 4.09. The van der Waals surface area contributed by atoms with E-state index in [2.05, 4.69) is 16.4 Å². The van der Waals surface area contributed by atoms with Crippen molar-refractivity contribution in [1.82, 2.24) is 4.90 Å². The lowest BCUT2D eigenvalue weighted by molar-refractivity contribution is 0.284. The summed E-state index contributed by atoms with van der Waals surface area (Å²) in [5.74, 6) is 0.328. The largest absolute Gasteiger partial charge is 0.508 e. The van der Waals surface area contributed by atoms with Crippen molar-refractivity contribution in [2.24, 2.45) is 0 Å². The highest BCUT2D eigenvalue weighted by Gasteiger charge is 2.15. The Bertz CT molecular complexity index is 339. The predicted molar refractivity (Wildman–Crippen MR) is 67.0 cm³/mol. The van der Waals surface area contributed by atoms with E-state index in [0.717, 1.165) is 32.7 Å². The maximum absolute atomic E-state index is 9.23. The molecule has 0 bridgehead atoms. The monoisotopic (exact) mass is 218 g/mol. The molecule has 1 aliphatic rings. The van der Waals surface area contributed by atoms with E-state index < -0.39 is 0 Å². The fraction of sp³-hybridized carbons (Fsp3) is 0.385. The highest BCUT2D eigenvalue weighted by atomic mass is 16.3. The summed E-state index contributed by atoms with van der Waals surface area (Å²) in [6, 6.07) is 7.42. The van der Waals surface area contributed by atoms with Crippen molar-refractivity contribution in [3.63, 3.8) is 0 Å². The van der Waals surface area contributed by atoms with Crippen molar-refractivity contribution in [3.05, 3.63) is 36.9 Å². The van der Waals surface area contributed by atoms with Crippen LogP contribution in [0.25, 0.3) is 0 Å². The van der Waals surface area contributed by atoms with Gasteiger partial charge in [-0.3, -0.25) is 4.90 Å². The number of phenolic OH excluding ortho intramolecular Hbond substituents is 1. The topological polar surface area (TPSA) is 26.7 Å². The van der Waals surface area contributed by atoms with Crippen LogP contribution >= 0.6 is 0 Å². The molecule has 1 aromatic carbocycles. The Morgan fingerprint density at radius 3 is 2.31 bits per heavy atom. The second kappa shape index (κ2) is 5.03. The molecule has 0 saturated carbocycles. The van der Waals surface area contributed by atoms with E-state index in [1.165, 1.54) is 5.69 Å². The minimum Gasteiger partial charge on any atom is -0.508 e. The molecule has 0 unspecified atom stereocenters. The summed E-state index contributed by atoms with van der Waals surface area (Å²) in [5, 5.41) is 9.23. The van der Waals surface area contributed by atoms with Gasteiger partial charge < -0.3 is 10.0 Å². The molecular formula is C13H18N2O. The first-order chi connectivity index (χ1) is 7.79. The number of phenols is 1. The Balaban J connectivity index is 1.93. The van der Waals surface area contributed by atoms with Gasteiger partial charge in [0.2, 0.25) is 0 Å². The van der Waals surface area contributed by atoms with Gasteiger partial charge in [-0.1, -0.05) is 6.08 Å². The van der Waals surface area contributed by atoms with Gasteiger partial charge in [0.05, 0.1) is 0 Å². The Morgan fingerprint density at radius 1 is 1.12 bits per heavy atom. The Hall–Kier alpha value is -1.48. The van der Waals surface area contributed by atoms with Gasteiger partial charge in [0, 0.05) is 38.4 Å². The molecule has 0 aromatic heterocycles. The van der Waals surface area contributed by atoms with Crippen LogP contribution in [0.1, 0.15) is 0 Å². The van der Waals surface area contributed by atoms with Crippen molar-refractivity contribution in [1.29, 1.82) is 0 Å². The van der Waals surface area contributed by atoms with Crippen LogP contribution in [0.3, 0.4) is 0 Å². The standard InChI is InChI=1S/C13H18N2O/c1-2-7-14-8-10-15(11-9-14)12-3-5-13(16)6-4-12/h2-6,16H,1,7-11H2. The summed E-state index contributed by atoms with van der Waals surface area (Å²) in [4.78, 5) is 4.74. The lowest BCUT2D eigenvalue weighted by Gasteiger charge is -2.35. The van der Waals surface area contributed by atoms with Crippen LogP contribution in [-0.4, -0.2) is 42.7 Å². The minimum absolute atomic E-state index is 0.328. The van der Waals surface area contributed by atoms with Crippen LogP contribution in [0.15, 0.2) is 36.9 Å². The molecule has 0 spiro atoms. The number of aromatic hydroxyl groups is 1. The van der Waals surface area contributed by atoms with Gasteiger partial charge in [0.25, 0.3) is 0 Å². The molecule has 16 heavy (non-hydrogen) atoms. The second-order valence-corrected chi connectivity index (χ2v) is 4.09. The third-order valence-corrected chi connectivity index (χ3v) is 2.97. The molecule has 3 heteroatoms. The molecule has 0 radical (unpaired) electrons. The molecule has 1 aliphatic heterocycles. The first-order valence-electron chi connectivity index (χ1n) is 5.67. The maximum Gasteiger partial charge on any atom is 0.115 e. The molecular weight excluding hydrogens is 200 g/mol. The zero-order chi connectivity index (χ0) is 11.4. The summed E-state index contributed by atoms with van der Waals surface area (Å²) in [6.45, 7) is 8.97. The van der Waals surface area contributed by atoms with Gasteiger partial charge in [-0.15, -0.1) is 6.58 Å². The fourth-order valence-corrected chi connectivity index (χ4v) is 2.03. The van der Waals surface area contributed by atoms with Crippen molar-refractivity contribution >= 4 is 5.69 Å². The number of rotatable bonds is 3. The summed E-state index contributed by atoms with van der Waals surface area (Å²) in [6.07, 6.45) is 1.95. The van der Waals surface area contributed by atoms with Gasteiger partial charge in [0.15, 0.2) is 0 Å².